The Kier molecular flexibility index (Phi) is 3.36. The van der Waals surface area contributed by atoms with Crippen molar-refractivity contribution in [3.05, 3.63) is 26.5 Å². The van der Waals surface area contributed by atoms with Gasteiger partial charge in [-0.2, -0.15) is 0 Å². The second kappa shape index (κ2) is 5.04. The topological polar surface area (TPSA) is 53.6 Å². The van der Waals surface area contributed by atoms with Crippen LogP contribution in [0, 0.1) is 11.8 Å². The maximum Gasteiger partial charge on any atom is 0.270 e. The van der Waals surface area contributed by atoms with Crippen LogP contribution in [0.2, 0.25) is 10.0 Å². The normalized spacial score (nSPS) is 27.8. The maximum absolute atomic E-state index is 12.0. The highest BCUT2D eigenvalue weighted by Gasteiger charge is 2.45. The Morgan fingerprint density at radius 2 is 2.18 bits per heavy atom. The summed E-state index contributed by atoms with van der Waals surface area (Å²) in [5.41, 5.74) is 1.87. The lowest BCUT2D eigenvalue weighted by Gasteiger charge is -2.27. The molecule has 2 aliphatic heterocycles. The molecular formula is C14H11Cl2NO4S. The standard InChI is InChI=1S/C14H11Cl2NO4S/c1-5-6(15)2-8-12(11(5)16)21-14(22)17(8)7-3-9(18)13-19-4-10(7)20-13/h2,7,10,13H,3-4H2,1H3/t7-,10-,13-/m0/s1. The molecule has 2 aromatic rings. The number of carbonyl (C=O) groups is 1. The first-order valence-electron chi connectivity index (χ1n) is 6.77. The number of halogens is 2. The molecule has 0 N–H and O–H groups in total. The average Bonchev–Trinajstić information content (AvgIpc) is 3.04. The van der Waals surface area contributed by atoms with E-state index in [1.807, 2.05) is 6.92 Å². The van der Waals surface area contributed by atoms with Gasteiger partial charge < -0.3 is 13.9 Å². The molecule has 1 aromatic carbocycles. The summed E-state index contributed by atoms with van der Waals surface area (Å²) in [5, 5.41) is 0.946. The van der Waals surface area contributed by atoms with Crippen molar-refractivity contribution in [2.75, 3.05) is 6.61 Å². The highest BCUT2D eigenvalue weighted by Crippen LogP contribution is 2.39. The molecular weight excluding hydrogens is 349 g/mol. The van der Waals surface area contributed by atoms with E-state index in [9.17, 15) is 4.79 Å². The lowest BCUT2D eigenvalue weighted by atomic mass is 10.0. The zero-order valence-corrected chi connectivity index (χ0v) is 13.8. The molecule has 2 fully saturated rings. The first kappa shape index (κ1) is 14.7. The predicted molar refractivity (Wildman–Crippen MR) is 83.1 cm³/mol. The molecule has 0 amide bonds. The molecule has 22 heavy (non-hydrogen) atoms. The lowest BCUT2D eigenvalue weighted by Crippen LogP contribution is -2.37. The number of nitrogens with zero attached hydrogens (tertiary/aromatic N) is 1. The van der Waals surface area contributed by atoms with Crippen LogP contribution >= 0.6 is 35.4 Å². The minimum Gasteiger partial charge on any atom is -0.428 e. The number of oxazole rings is 1. The van der Waals surface area contributed by atoms with Gasteiger partial charge in [0.1, 0.15) is 6.10 Å². The summed E-state index contributed by atoms with van der Waals surface area (Å²) < 4.78 is 18.3. The van der Waals surface area contributed by atoms with Crippen molar-refractivity contribution in [3.63, 3.8) is 0 Å². The van der Waals surface area contributed by atoms with Crippen molar-refractivity contribution in [2.24, 2.45) is 0 Å². The van der Waals surface area contributed by atoms with Crippen LogP contribution in [0.25, 0.3) is 11.1 Å². The summed E-state index contributed by atoms with van der Waals surface area (Å²) in [6.07, 6.45) is -0.710. The highest BCUT2D eigenvalue weighted by atomic mass is 35.5. The smallest absolute Gasteiger partial charge is 0.270 e. The summed E-state index contributed by atoms with van der Waals surface area (Å²) in [6, 6.07) is 1.47. The van der Waals surface area contributed by atoms with Crippen molar-refractivity contribution in [1.82, 2.24) is 4.57 Å². The molecule has 0 spiro atoms. The lowest BCUT2D eigenvalue weighted by molar-refractivity contribution is -0.156. The van der Waals surface area contributed by atoms with Gasteiger partial charge in [-0.05, 0) is 30.8 Å². The molecule has 8 heteroatoms. The van der Waals surface area contributed by atoms with Gasteiger partial charge >= 0.3 is 0 Å². The summed E-state index contributed by atoms with van der Waals surface area (Å²) in [7, 11) is 0. The number of benzene rings is 1. The third-order valence-corrected chi connectivity index (χ3v) is 5.30. The molecule has 2 saturated heterocycles. The van der Waals surface area contributed by atoms with Crippen molar-refractivity contribution in [3.8, 4) is 0 Å². The van der Waals surface area contributed by atoms with Crippen LogP contribution in [0.5, 0.6) is 0 Å². The third kappa shape index (κ3) is 1.98. The summed E-state index contributed by atoms with van der Waals surface area (Å²) in [5.74, 6) is -0.0979. The van der Waals surface area contributed by atoms with E-state index < -0.39 is 6.29 Å². The molecule has 4 rings (SSSR count). The Labute approximate surface area is 140 Å². The number of aromatic nitrogens is 1. The molecule has 0 radical (unpaired) electrons. The molecule has 3 heterocycles. The SMILES string of the molecule is Cc1c(Cl)cc2c(oc(=S)n2[C@H]2CC(=O)[C@H]3OC[C@@H]2O3)c1Cl. The number of carbonyl (C=O) groups excluding carboxylic acids is 1. The second-order valence-corrected chi connectivity index (χ2v) is 6.60. The van der Waals surface area contributed by atoms with Crippen LogP contribution < -0.4 is 0 Å². The fourth-order valence-electron chi connectivity index (χ4n) is 2.99. The Morgan fingerprint density at radius 1 is 1.41 bits per heavy atom. The van der Waals surface area contributed by atoms with E-state index >= 15 is 0 Å². The number of ketones is 1. The molecule has 5 nitrogen and oxygen atoms in total. The van der Waals surface area contributed by atoms with Crippen molar-refractivity contribution in [2.45, 2.75) is 31.8 Å². The molecule has 0 aliphatic carbocycles. The number of rotatable bonds is 1. The van der Waals surface area contributed by atoms with Crippen LogP contribution in [0.1, 0.15) is 18.0 Å². The predicted octanol–water partition coefficient (Wildman–Crippen LogP) is 3.83. The maximum atomic E-state index is 12.0. The first-order valence-corrected chi connectivity index (χ1v) is 7.93. The Morgan fingerprint density at radius 3 is 2.95 bits per heavy atom. The Bertz CT molecular complexity index is 859. The van der Waals surface area contributed by atoms with Gasteiger partial charge in [0.25, 0.3) is 4.84 Å². The van der Waals surface area contributed by atoms with Gasteiger partial charge in [-0.1, -0.05) is 23.2 Å². The van der Waals surface area contributed by atoms with Gasteiger partial charge in [0, 0.05) is 11.4 Å². The van der Waals surface area contributed by atoms with E-state index in [1.54, 1.807) is 10.6 Å². The number of ether oxygens (including phenoxy) is 2. The zero-order chi connectivity index (χ0) is 15.6. The monoisotopic (exact) mass is 359 g/mol. The summed E-state index contributed by atoms with van der Waals surface area (Å²) in [6.45, 7) is 2.16. The fourth-order valence-corrected chi connectivity index (χ4v) is 3.79. The van der Waals surface area contributed by atoms with Crippen molar-refractivity contribution in [1.29, 1.82) is 0 Å². The number of Topliss-reactive ketones (excluding diaryl/α,β-unsaturated/α-hetero) is 1. The van der Waals surface area contributed by atoms with E-state index in [1.165, 1.54) is 0 Å². The number of fused-ring (bicyclic) bond motifs is 3. The van der Waals surface area contributed by atoms with Gasteiger partial charge in [0.2, 0.25) is 6.29 Å². The second-order valence-electron chi connectivity index (χ2n) is 5.46. The van der Waals surface area contributed by atoms with Crippen LogP contribution in [0.15, 0.2) is 10.5 Å². The zero-order valence-electron chi connectivity index (χ0n) is 11.5. The van der Waals surface area contributed by atoms with E-state index in [2.05, 4.69) is 0 Å². The number of hydrogen-bond donors (Lipinski definition) is 0. The van der Waals surface area contributed by atoms with Crippen LogP contribution in [0.3, 0.4) is 0 Å². The molecule has 2 aliphatic rings. The minimum atomic E-state index is -0.747. The molecule has 0 saturated carbocycles. The van der Waals surface area contributed by atoms with E-state index in [4.69, 9.17) is 49.3 Å². The van der Waals surface area contributed by atoms with E-state index in [-0.39, 0.29) is 29.2 Å². The van der Waals surface area contributed by atoms with Gasteiger partial charge in [-0.3, -0.25) is 9.36 Å². The minimum absolute atomic E-state index is 0.0979. The third-order valence-electron chi connectivity index (χ3n) is 4.17. The number of hydrogen-bond acceptors (Lipinski definition) is 5. The van der Waals surface area contributed by atoms with Crippen LogP contribution in [0.4, 0.5) is 0 Å². The van der Waals surface area contributed by atoms with Gasteiger partial charge in [0.05, 0.1) is 23.2 Å². The average molecular weight is 360 g/mol. The van der Waals surface area contributed by atoms with Gasteiger partial charge in [-0.15, -0.1) is 0 Å². The van der Waals surface area contributed by atoms with Crippen molar-refractivity contribution >= 4 is 52.3 Å². The quantitative estimate of drug-likeness (QED) is 0.724. The van der Waals surface area contributed by atoms with Crippen LogP contribution in [-0.4, -0.2) is 29.4 Å². The fraction of sp³-hybridized carbons (Fsp3) is 0.429. The highest BCUT2D eigenvalue weighted by molar-refractivity contribution is 7.71. The molecule has 1 aromatic heterocycles. The first-order chi connectivity index (χ1) is 10.5. The Hall–Kier alpha value is -0.920. The molecule has 116 valence electrons. The molecule has 2 bridgehead atoms. The largest absolute Gasteiger partial charge is 0.428 e. The molecule has 3 atom stereocenters. The van der Waals surface area contributed by atoms with Crippen LogP contribution in [-0.2, 0) is 14.3 Å². The summed E-state index contributed by atoms with van der Waals surface area (Å²) >= 11 is 17.8. The molecule has 0 unspecified atom stereocenters. The Balaban J connectivity index is 1.94. The summed E-state index contributed by atoms with van der Waals surface area (Å²) in [4.78, 5) is 12.3. The van der Waals surface area contributed by atoms with Gasteiger partial charge in [0.15, 0.2) is 11.4 Å². The van der Waals surface area contributed by atoms with E-state index in [0.29, 0.717) is 27.8 Å². The van der Waals surface area contributed by atoms with Crippen molar-refractivity contribution < 1.29 is 18.7 Å². The van der Waals surface area contributed by atoms with E-state index in [0.717, 1.165) is 5.56 Å². The van der Waals surface area contributed by atoms with Gasteiger partial charge in [-0.25, -0.2) is 0 Å².